The van der Waals surface area contributed by atoms with Crippen LogP contribution in [0.3, 0.4) is 0 Å². The predicted molar refractivity (Wildman–Crippen MR) is 85.5 cm³/mol. The van der Waals surface area contributed by atoms with E-state index >= 15 is 0 Å². The van der Waals surface area contributed by atoms with Gasteiger partial charge in [-0.3, -0.25) is 0 Å². The number of carbonyl (C=O) groups is 1. The van der Waals surface area contributed by atoms with Crippen LogP contribution in [0.25, 0.3) is 0 Å². The highest BCUT2D eigenvalue weighted by Crippen LogP contribution is 2.27. The summed E-state index contributed by atoms with van der Waals surface area (Å²) >= 11 is 0. The minimum absolute atomic E-state index is 0.00714. The number of benzene rings is 2. The molecule has 1 saturated heterocycles. The SMILES string of the molecule is O=C(Nc1ccccc1)N1CCC(c2ccccc2)CC1. The van der Waals surface area contributed by atoms with E-state index in [9.17, 15) is 4.79 Å². The molecule has 3 rings (SSSR count). The minimum Gasteiger partial charge on any atom is -0.324 e. The molecule has 1 heterocycles. The molecule has 3 nitrogen and oxygen atoms in total. The van der Waals surface area contributed by atoms with E-state index in [2.05, 4.69) is 29.6 Å². The van der Waals surface area contributed by atoms with E-state index in [1.165, 1.54) is 5.56 Å². The van der Waals surface area contributed by atoms with Crippen molar-refractivity contribution in [1.82, 2.24) is 4.90 Å². The number of nitrogens with zero attached hydrogens (tertiary/aromatic N) is 1. The molecule has 0 bridgehead atoms. The molecule has 0 spiro atoms. The number of urea groups is 1. The van der Waals surface area contributed by atoms with E-state index in [1.807, 2.05) is 41.3 Å². The summed E-state index contributed by atoms with van der Waals surface area (Å²) in [6.45, 7) is 1.64. The number of amides is 2. The molecule has 1 N–H and O–H groups in total. The second-order valence-corrected chi connectivity index (χ2v) is 5.47. The molecule has 0 saturated carbocycles. The zero-order chi connectivity index (χ0) is 14.5. The quantitative estimate of drug-likeness (QED) is 0.882. The summed E-state index contributed by atoms with van der Waals surface area (Å²) in [4.78, 5) is 14.1. The molecule has 1 aliphatic heterocycles. The second kappa shape index (κ2) is 6.44. The van der Waals surface area contributed by atoms with Gasteiger partial charge in [0.1, 0.15) is 0 Å². The van der Waals surface area contributed by atoms with Gasteiger partial charge < -0.3 is 10.2 Å². The van der Waals surface area contributed by atoms with Crippen LogP contribution in [0.5, 0.6) is 0 Å². The number of nitrogens with one attached hydrogen (secondary N) is 1. The van der Waals surface area contributed by atoms with Crippen molar-refractivity contribution in [3.05, 3.63) is 66.2 Å². The Bertz CT molecular complexity index is 575. The number of piperidine rings is 1. The number of hydrogen-bond donors (Lipinski definition) is 1. The molecule has 0 atom stereocenters. The summed E-state index contributed by atoms with van der Waals surface area (Å²) in [5.41, 5.74) is 2.24. The van der Waals surface area contributed by atoms with Crippen molar-refractivity contribution >= 4 is 11.7 Å². The van der Waals surface area contributed by atoms with Gasteiger partial charge in [-0.15, -0.1) is 0 Å². The van der Waals surface area contributed by atoms with Gasteiger partial charge in [0, 0.05) is 18.8 Å². The van der Waals surface area contributed by atoms with E-state index in [-0.39, 0.29) is 6.03 Å². The zero-order valence-electron chi connectivity index (χ0n) is 12.0. The van der Waals surface area contributed by atoms with Gasteiger partial charge in [0.2, 0.25) is 0 Å². The lowest BCUT2D eigenvalue weighted by atomic mass is 9.90. The predicted octanol–water partition coefficient (Wildman–Crippen LogP) is 4.10. The van der Waals surface area contributed by atoms with E-state index in [1.54, 1.807) is 0 Å². The van der Waals surface area contributed by atoms with Gasteiger partial charge >= 0.3 is 6.03 Å². The zero-order valence-corrected chi connectivity index (χ0v) is 12.0. The van der Waals surface area contributed by atoms with Crippen molar-refractivity contribution < 1.29 is 4.79 Å². The lowest BCUT2D eigenvalue weighted by Gasteiger charge is -2.32. The average Bonchev–Trinajstić information content (AvgIpc) is 2.57. The number of hydrogen-bond acceptors (Lipinski definition) is 1. The van der Waals surface area contributed by atoms with Crippen molar-refractivity contribution in [1.29, 1.82) is 0 Å². The van der Waals surface area contributed by atoms with Gasteiger partial charge in [-0.1, -0.05) is 48.5 Å². The first-order valence-electron chi connectivity index (χ1n) is 7.49. The van der Waals surface area contributed by atoms with Crippen molar-refractivity contribution in [2.75, 3.05) is 18.4 Å². The maximum absolute atomic E-state index is 12.2. The molecule has 0 radical (unpaired) electrons. The molecule has 108 valence electrons. The monoisotopic (exact) mass is 280 g/mol. The van der Waals surface area contributed by atoms with Crippen LogP contribution in [0.15, 0.2) is 60.7 Å². The van der Waals surface area contributed by atoms with Gasteiger partial charge in [0.15, 0.2) is 0 Å². The third kappa shape index (κ3) is 3.43. The molecule has 0 unspecified atom stereocenters. The molecule has 2 aromatic carbocycles. The van der Waals surface area contributed by atoms with Crippen molar-refractivity contribution in [2.45, 2.75) is 18.8 Å². The summed E-state index contributed by atoms with van der Waals surface area (Å²) < 4.78 is 0. The number of para-hydroxylation sites is 1. The Labute approximate surface area is 125 Å². The Morgan fingerprint density at radius 3 is 2.10 bits per heavy atom. The van der Waals surface area contributed by atoms with Crippen molar-refractivity contribution in [3.8, 4) is 0 Å². The highest BCUT2D eigenvalue weighted by molar-refractivity contribution is 5.89. The van der Waals surface area contributed by atoms with Gasteiger partial charge in [-0.05, 0) is 36.5 Å². The van der Waals surface area contributed by atoms with E-state index in [0.717, 1.165) is 31.6 Å². The first-order chi connectivity index (χ1) is 10.3. The van der Waals surface area contributed by atoms with E-state index in [4.69, 9.17) is 0 Å². The third-order valence-electron chi connectivity index (χ3n) is 4.08. The fourth-order valence-corrected chi connectivity index (χ4v) is 2.87. The molecular formula is C18H20N2O. The maximum Gasteiger partial charge on any atom is 0.321 e. The van der Waals surface area contributed by atoms with Crippen LogP contribution in [0.1, 0.15) is 24.3 Å². The molecule has 3 heteroatoms. The Morgan fingerprint density at radius 2 is 1.48 bits per heavy atom. The van der Waals surface area contributed by atoms with Gasteiger partial charge in [0.05, 0.1) is 0 Å². The van der Waals surface area contributed by atoms with Crippen molar-refractivity contribution in [3.63, 3.8) is 0 Å². The van der Waals surface area contributed by atoms with Crippen LogP contribution in [0, 0.1) is 0 Å². The standard InChI is InChI=1S/C18H20N2O/c21-18(19-17-9-5-2-6-10-17)20-13-11-16(12-14-20)15-7-3-1-4-8-15/h1-10,16H,11-14H2,(H,19,21). The first kappa shape index (κ1) is 13.7. The highest BCUT2D eigenvalue weighted by atomic mass is 16.2. The summed E-state index contributed by atoms with van der Waals surface area (Å²) in [7, 11) is 0. The minimum atomic E-state index is 0.00714. The Balaban J connectivity index is 1.55. The maximum atomic E-state index is 12.2. The molecular weight excluding hydrogens is 260 g/mol. The molecule has 0 aromatic heterocycles. The van der Waals surface area contributed by atoms with Crippen LogP contribution in [0.4, 0.5) is 10.5 Å². The lowest BCUT2D eigenvalue weighted by molar-refractivity contribution is 0.194. The van der Waals surface area contributed by atoms with E-state index in [0.29, 0.717) is 5.92 Å². The summed E-state index contributed by atoms with van der Waals surface area (Å²) in [5.74, 6) is 0.576. The smallest absolute Gasteiger partial charge is 0.321 e. The largest absolute Gasteiger partial charge is 0.324 e. The molecule has 1 fully saturated rings. The van der Waals surface area contributed by atoms with Crippen LogP contribution in [0.2, 0.25) is 0 Å². The van der Waals surface area contributed by atoms with Gasteiger partial charge in [0.25, 0.3) is 0 Å². The van der Waals surface area contributed by atoms with Crippen molar-refractivity contribution in [2.24, 2.45) is 0 Å². The molecule has 0 aliphatic carbocycles. The van der Waals surface area contributed by atoms with Gasteiger partial charge in [-0.25, -0.2) is 4.79 Å². The number of likely N-dealkylation sites (tertiary alicyclic amines) is 1. The number of anilines is 1. The normalized spacial score (nSPS) is 15.7. The summed E-state index contributed by atoms with van der Waals surface area (Å²) in [5, 5.41) is 2.95. The fraction of sp³-hybridized carbons (Fsp3) is 0.278. The van der Waals surface area contributed by atoms with E-state index < -0.39 is 0 Å². The molecule has 2 aromatic rings. The lowest BCUT2D eigenvalue weighted by Crippen LogP contribution is -2.40. The fourth-order valence-electron chi connectivity index (χ4n) is 2.87. The second-order valence-electron chi connectivity index (χ2n) is 5.47. The topological polar surface area (TPSA) is 32.3 Å². The highest BCUT2D eigenvalue weighted by Gasteiger charge is 2.23. The Hall–Kier alpha value is -2.29. The van der Waals surface area contributed by atoms with Crippen LogP contribution in [-0.4, -0.2) is 24.0 Å². The Morgan fingerprint density at radius 1 is 0.905 bits per heavy atom. The summed E-state index contributed by atoms with van der Waals surface area (Å²) in [6.07, 6.45) is 2.07. The average molecular weight is 280 g/mol. The van der Waals surface area contributed by atoms with Crippen LogP contribution < -0.4 is 5.32 Å². The molecule has 1 aliphatic rings. The van der Waals surface area contributed by atoms with Crippen LogP contribution in [-0.2, 0) is 0 Å². The van der Waals surface area contributed by atoms with Gasteiger partial charge in [-0.2, -0.15) is 0 Å². The van der Waals surface area contributed by atoms with Crippen LogP contribution >= 0.6 is 0 Å². The number of rotatable bonds is 2. The summed E-state index contributed by atoms with van der Waals surface area (Å²) in [6, 6.07) is 20.2. The molecule has 2 amide bonds. The number of carbonyl (C=O) groups excluding carboxylic acids is 1. The first-order valence-corrected chi connectivity index (χ1v) is 7.49. The third-order valence-corrected chi connectivity index (χ3v) is 4.08. The molecule has 21 heavy (non-hydrogen) atoms. The Kier molecular flexibility index (Phi) is 4.20.